The van der Waals surface area contributed by atoms with Crippen molar-refractivity contribution in [1.29, 1.82) is 0 Å². The zero-order valence-electron chi connectivity index (χ0n) is 11.7. The Balaban J connectivity index is 1.84. The van der Waals surface area contributed by atoms with Crippen molar-refractivity contribution in [3.8, 4) is 0 Å². The zero-order chi connectivity index (χ0) is 15.9. The second-order valence-corrected chi connectivity index (χ2v) is 5.58. The smallest absolute Gasteiger partial charge is 0.248 e. The Kier molecular flexibility index (Phi) is 5.55. The topological polar surface area (TPSA) is 72.2 Å². The van der Waals surface area contributed by atoms with E-state index in [1.807, 2.05) is 0 Å². The number of rotatable bonds is 6. The zero-order valence-corrected chi connectivity index (χ0v) is 12.5. The summed E-state index contributed by atoms with van der Waals surface area (Å²) in [5.74, 6) is -0.938. The molecule has 2 aromatic carbocycles. The van der Waals surface area contributed by atoms with E-state index in [9.17, 15) is 14.0 Å². The average molecular weight is 318 g/mol. The number of amides is 2. The molecule has 0 spiro atoms. The predicted octanol–water partition coefficient (Wildman–Crippen LogP) is 2.33. The van der Waals surface area contributed by atoms with Crippen LogP contribution in [-0.4, -0.2) is 17.6 Å². The third-order valence-corrected chi connectivity index (χ3v) is 3.95. The molecule has 0 saturated carbocycles. The molecular weight excluding hydrogens is 303 g/mol. The summed E-state index contributed by atoms with van der Waals surface area (Å²) in [7, 11) is 0. The second kappa shape index (κ2) is 7.61. The number of hydrogen-bond acceptors (Lipinski definition) is 3. The molecule has 0 aliphatic heterocycles. The first kappa shape index (κ1) is 16.0. The van der Waals surface area contributed by atoms with Gasteiger partial charge < -0.3 is 11.1 Å². The van der Waals surface area contributed by atoms with E-state index in [0.29, 0.717) is 10.5 Å². The Morgan fingerprint density at radius 2 is 1.91 bits per heavy atom. The molecule has 0 aromatic heterocycles. The molecule has 0 saturated heterocycles. The Hall–Kier alpha value is -2.34. The molecular formula is C16H15FN2O2S. The molecule has 0 fully saturated rings. The maximum atomic E-state index is 13.4. The van der Waals surface area contributed by atoms with E-state index >= 15 is 0 Å². The van der Waals surface area contributed by atoms with E-state index in [1.165, 1.54) is 6.07 Å². The van der Waals surface area contributed by atoms with Crippen molar-refractivity contribution in [2.75, 3.05) is 5.75 Å². The minimum Gasteiger partial charge on any atom is -0.366 e. The summed E-state index contributed by atoms with van der Waals surface area (Å²) in [6.07, 6.45) is 0. The number of nitrogens with one attached hydrogen (secondary N) is 1. The highest BCUT2D eigenvalue weighted by molar-refractivity contribution is 8.00. The maximum Gasteiger partial charge on any atom is 0.248 e. The fourth-order valence-electron chi connectivity index (χ4n) is 1.79. The van der Waals surface area contributed by atoms with Gasteiger partial charge in [0, 0.05) is 17.0 Å². The number of primary amides is 1. The number of carbonyl (C=O) groups is 2. The van der Waals surface area contributed by atoms with Gasteiger partial charge in [0.2, 0.25) is 11.8 Å². The quantitative estimate of drug-likeness (QED) is 0.803. The summed E-state index contributed by atoms with van der Waals surface area (Å²) in [5, 5.41) is 2.72. The van der Waals surface area contributed by atoms with Crippen LogP contribution in [-0.2, 0) is 11.3 Å². The van der Waals surface area contributed by atoms with Crippen LogP contribution in [0.3, 0.4) is 0 Å². The first-order valence-electron chi connectivity index (χ1n) is 6.59. The van der Waals surface area contributed by atoms with E-state index in [-0.39, 0.29) is 24.0 Å². The molecule has 114 valence electrons. The number of carbonyl (C=O) groups excluding carboxylic acids is 2. The fourth-order valence-corrected chi connectivity index (χ4v) is 2.56. The lowest BCUT2D eigenvalue weighted by Crippen LogP contribution is -2.24. The van der Waals surface area contributed by atoms with Gasteiger partial charge >= 0.3 is 0 Å². The van der Waals surface area contributed by atoms with Gasteiger partial charge in [-0.3, -0.25) is 9.59 Å². The van der Waals surface area contributed by atoms with Crippen molar-refractivity contribution in [3.05, 3.63) is 65.5 Å². The fraction of sp³-hybridized carbons (Fsp3) is 0.125. The lowest BCUT2D eigenvalue weighted by molar-refractivity contribution is -0.118. The third kappa shape index (κ3) is 4.60. The number of nitrogens with two attached hydrogens (primary N) is 1. The minimum absolute atomic E-state index is 0.121. The van der Waals surface area contributed by atoms with Crippen LogP contribution in [0.1, 0.15) is 15.9 Å². The third-order valence-electron chi connectivity index (χ3n) is 2.90. The summed E-state index contributed by atoms with van der Waals surface area (Å²) in [5.41, 5.74) is 6.37. The van der Waals surface area contributed by atoms with E-state index in [4.69, 9.17) is 5.73 Å². The van der Waals surface area contributed by atoms with Gasteiger partial charge in [-0.2, -0.15) is 0 Å². The lowest BCUT2D eigenvalue weighted by Gasteiger charge is -2.07. The van der Waals surface area contributed by atoms with E-state index < -0.39 is 5.91 Å². The van der Waals surface area contributed by atoms with Crippen LogP contribution in [0.15, 0.2) is 53.4 Å². The molecule has 22 heavy (non-hydrogen) atoms. The Labute approximate surface area is 131 Å². The molecule has 0 heterocycles. The number of halogens is 1. The largest absolute Gasteiger partial charge is 0.366 e. The molecule has 0 aliphatic rings. The summed E-state index contributed by atoms with van der Waals surface area (Å²) in [6.45, 7) is 0.289. The van der Waals surface area contributed by atoms with Gasteiger partial charge in [0.1, 0.15) is 5.82 Å². The lowest BCUT2D eigenvalue weighted by atomic mass is 10.1. The number of benzene rings is 2. The van der Waals surface area contributed by atoms with Gasteiger partial charge in [0.05, 0.1) is 5.75 Å². The average Bonchev–Trinajstić information content (AvgIpc) is 2.52. The molecule has 2 aromatic rings. The molecule has 2 rings (SSSR count). The van der Waals surface area contributed by atoms with E-state index in [2.05, 4.69) is 5.32 Å². The van der Waals surface area contributed by atoms with Crippen LogP contribution in [0.4, 0.5) is 4.39 Å². The Bertz CT molecular complexity index is 691. The number of hydrogen-bond donors (Lipinski definition) is 2. The Morgan fingerprint density at radius 3 is 2.64 bits per heavy atom. The first-order chi connectivity index (χ1) is 10.6. The number of thioether (sulfide) groups is 1. The van der Waals surface area contributed by atoms with E-state index in [1.54, 1.807) is 42.5 Å². The summed E-state index contributed by atoms with van der Waals surface area (Å²) < 4.78 is 13.4. The molecule has 3 N–H and O–H groups in total. The first-order valence-corrected chi connectivity index (χ1v) is 7.57. The minimum atomic E-state index is -0.511. The Morgan fingerprint density at radius 1 is 1.14 bits per heavy atom. The predicted molar refractivity (Wildman–Crippen MR) is 83.9 cm³/mol. The van der Waals surface area contributed by atoms with Gasteiger partial charge in [-0.15, -0.1) is 11.8 Å². The van der Waals surface area contributed by atoms with Crippen LogP contribution < -0.4 is 11.1 Å². The molecule has 2 amide bonds. The molecule has 0 unspecified atom stereocenters. The molecule has 0 bridgehead atoms. The highest BCUT2D eigenvalue weighted by atomic mass is 32.2. The van der Waals surface area contributed by atoms with Gasteiger partial charge in [-0.1, -0.05) is 24.3 Å². The van der Waals surface area contributed by atoms with Crippen molar-refractivity contribution >= 4 is 23.6 Å². The molecule has 4 nitrogen and oxygen atoms in total. The maximum absolute atomic E-state index is 13.4. The van der Waals surface area contributed by atoms with Crippen LogP contribution >= 0.6 is 11.8 Å². The van der Waals surface area contributed by atoms with Gasteiger partial charge in [0.25, 0.3) is 0 Å². The standard InChI is InChI=1S/C16H15FN2O2S/c17-13-6-1-2-7-14(13)22-10-15(20)19-9-11-4-3-5-12(8-11)16(18)21/h1-8H,9-10H2,(H2,18,21)(H,19,20). The summed E-state index contributed by atoms with van der Waals surface area (Å²) in [4.78, 5) is 23.3. The van der Waals surface area contributed by atoms with Crippen molar-refractivity contribution in [2.45, 2.75) is 11.4 Å². The van der Waals surface area contributed by atoms with Crippen molar-refractivity contribution < 1.29 is 14.0 Å². The molecule has 0 aliphatic carbocycles. The normalized spacial score (nSPS) is 10.2. The molecule has 6 heteroatoms. The van der Waals surface area contributed by atoms with Gasteiger partial charge in [-0.05, 0) is 29.8 Å². The van der Waals surface area contributed by atoms with Crippen molar-refractivity contribution in [3.63, 3.8) is 0 Å². The highest BCUT2D eigenvalue weighted by Gasteiger charge is 2.07. The van der Waals surface area contributed by atoms with Crippen molar-refractivity contribution in [2.24, 2.45) is 5.73 Å². The van der Waals surface area contributed by atoms with Crippen LogP contribution in [0.2, 0.25) is 0 Å². The highest BCUT2D eigenvalue weighted by Crippen LogP contribution is 2.20. The SMILES string of the molecule is NC(=O)c1cccc(CNC(=O)CSc2ccccc2F)c1. The van der Waals surface area contributed by atoms with Crippen LogP contribution in [0.25, 0.3) is 0 Å². The molecule has 0 radical (unpaired) electrons. The second-order valence-electron chi connectivity index (χ2n) is 4.56. The van der Waals surface area contributed by atoms with Crippen LogP contribution in [0, 0.1) is 5.82 Å². The molecule has 0 atom stereocenters. The van der Waals surface area contributed by atoms with Crippen molar-refractivity contribution in [1.82, 2.24) is 5.32 Å². The summed E-state index contributed by atoms with van der Waals surface area (Å²) in [6, 6.07) is 13.0. The summed E-state index contributed by atoms with van der Waals surface area (Å²) >= 11 is 1.14. The van der Waals surface area contributed by atoms with Gasteiger partial charge in [0.15, 0.2) is 0 Å². The van der Waals surface area contributed by atoms with Crippen LogP contribution in [0.5, 0.6) is 0 Å². The van der Waals surface area contributed by atoms with Gasteiger partial charge in [-0.25, -0.2) is 4.39 Å². The van der Waals surface area contributed by atoms with E-state index in [0.717, 1.165) is 17.3 Å². The monoisotopic (exact) mass is 318 g/mol.